The number of amides is 2. The second-order valence-electron chi connectivity index (χ2n) is 17.5. The Morgan fingerprint density at radius 3 is 2.20 bits per heavy atom. The van der Waals surface area contributed by atoms with Crippen molar-refractivity contribution < 1.29 is 28.8 Å². The molecule has 3 aromatic carbocycles. The number of allylic oxidation sites excluding steroid dienone is 1. The van der Waals surface area contributed by atoms with Crippen molar-refractivity contribution in [1.82, 2.24) is 9.88 Å². The third-order valence-electron chi connectivity index (χ3n) is 12.7. The van der Waals surface area contributed by atoms with E-state index in [2.05, 4.69) is 75.4 Å². The number of rotatable bonds is 12. The van der Waals surface area contributed by atoms with E-state index in [4.69, 9.17) is 14.1 Å². The van der Waals surface area contributed by atoms with Crippen LogP contribution in [0.4, 0.5) is 0 Å². The van der Waals surface area contributed by atoms with E-state index in [1.54, 1.807) is 6.20 Å². The molecular weight excluding hydrogens is 784 g/mol. The second kappa shape index (κ2) is 17.2. The molecule has 2 aromatic heterocycles. The molecule has 0 bridgehead atoms. The first-order chi connectivity index (χ1) is 28.9. The van der Waals surface area contributed by atoms with Crippen LogP contribution in [0, 0.1) is 31.6 Å². The fraction of sp³-hybridized carbons (Fsp3) is 0.327. The number of carbonyl (C=O) groups is 2. The number of carbonyl (C=O) groups excluding carboxylic acids is 2. The number of pyridine rings is 1. The van der Waals surface area contributed by atoms with Gasteiger partial charge in [-0.3, -0.25) is 19.5 Å². The fourth-order valence-corrected chi connectivity index (χ4v) is 15.3. The minimum absolute atomic E-state index is 0.155. The number of fused-ring (bicyclic) bond motifs is 3. The number of phenols is 1. The lowest BCUT2D eigenvalue weighted by molar-refractivity contribution is -0.140. The highest BCUT2D eigenvalue weighted by Gasteiger charge is 2.58. The lowest BCUT2D eigenvalue weighted by Gasteiger charge is -2.46. The molecule has 8 nitrogen and oxygen atoms in total. The van der Waals surface area contributed by atoms with Crippen LogP contribution >= 0.6 is 11.3 Å². The van der Waals surface area contributed by atoms with Crippen molar-refractivity contribution >= 4 is 60.6 Å². The summed E-state index contributed by atoms with van der Waals surface area (Å²) >= 11 is 1.54. The van der Waals surface area contributed by atoms with Crippen LogP contribution in [0.1, 0.15) is 67.3 Å². The fourth-order valence-electron chi connectivity index (χ4n) is 10.0. The molecule has 0 spiro atoms. The van der Waals surface area contributed by atoms with Crippen molar-refractivity contribution in [2.24, 2.45) is 17.8 Å². The summed E-state index contributed by atoms with van der Waals surface area (Å²) < 4.78 is 14.1. The van der Waals surface area contributed by atoms with Gasteiger partial charge in [0.05, 0.1) is 36.8 Å². The Morgan fingerprint density at radius 1 is 0.933 bits per heavy atom. The first-order valence-corrected chi connectivity index (χ1v) is 23.7. The van der Waals surface area contributed by atoms with Crippen LogP contribution in [0.25, 0.3) is 11.6 Å². The van der Waals surface area contributed by atoms with Crippen molar-refractivity contribution in [2.45, 2.75) is 77.9 Å². The Labute approximate surface area is 358 Å². The number of aromatic nitrogens is 1. The third kappa shape index (κ3) is 8.01. The number of hydrogen-bond acceptors (Lipinski definition) is 8. The van der Waals surface area contributed by atoms with E-state index in [0.29, 0.717) is 19.3 Å². The maximum atomic E-state index is 14.5. The molecule has 2 fully saturated rings. The highest BCUT2D eigenvalue weighted by molar-refractivity contribution is 7.09. The predicted molar refractivity (Wildman–Crippen MR) is 242 cm³/mol. The van der Waals surface area contributed by atoms with Crippen molar-refractivity contribution in [3.05, 3.63) is 153 Å². The molecule has 3 aliphatic rings. The monoisotopic (exact) mass is 836 g/mol. The highest BCUT2D eigenvalue weighted by Crippen LogP contribution is 2.51. The molecule has 5 aromatic rings. The zero-order valence-electron chi connectivity index (χ0n) is 35.0. The zero-order chi connectivity index (χ0) is 42.2. The quantitative estimate of drug-likeness (QED) is 0.0739. The first-order valence-electron chi connectivity index (χ1n) is 21.0. The molecular formula is C49H53BN2O6SSi. The van der Waals surface area contributed by atoms with E-state index in [1.807, 2.05) is 73.8 Å². The number of aryl methyl sites for hydroxylation is 2. The molecule has 60 heavy (non-hydrogen) atoms. The Balaban J connectivity index is 1.22. The number of imide groups is 1. The number of benzene rings is 3. The van der Waals surface area contributed by atoms with Crippen LogP contribution in [-0.4, -0.2) is 60.0 Å². The average Bonchev–Trinajstić information content (AvgIpc) is 3.84. The van der Waals surface area contributed by atoms with E-state index in [-0.39, 0.29) is 42.1 Å². The molecule has 2 saturated heterocycles. The summed E-state index contributed by atoms with van der Waals surface area (Å²) in [5, 5.41) is 26.0. The van der Waals surface area contributed by atoms with Gasteiger partial charge in [-0.1, -0.05) is 93.6 Å². The highest BCUT2D eigenvalue weighted by atomic mass is 32.1. The van der Waals surface area contributed by atoms with Crippen molar-refractivity contribution in [1.29, 1.82) is 0 Å². The van der Waals surface area contributed by atoms with Gasteiger partial charge in [0.2, 0.25) is 11.8 Å². The molecule has 8 rings (SSSR count). The number of likely N-dealkylation sites (tertiary alicyclic amines) is 1. The average molecular weight is 837 g/mol. The molecule has 1 aliphatic carbocycles. The molecule has 2 amide bonds. The molecule has 308 valence electrons. The largest absolute Gasteiger partial charge is 0.507 e. The van der Waals surface area contributed by atoms with Crippen LogP contribution in [-0.2, 0) is 25.2 Å². The molecule has 0 saturated carbocycles. The van der Waals surface area contributed by atoms with E-state index in [0.717, 1.165) is 54.4 Å². The van der Waals surface area contributed by atoms with Crippen LogP contribution in [0.15, 0.2) is 126 Å². The van der Waals surface area contributed by atoms with Crippen molar-refractivity contribution in [3.63, 3.8) is 0 Å². The second-order valence-corrected chi connectivity index (χ2v) is 22.9. The Kier molecular flexibility index (Phi) is 12.0. The van der Waals surface area contributed by atoms with Crippen molar-refractivity contribution in [2.75, 3.05) is 6.61 Å². The summed E-state index contributed by atoms with van der Waals surface area (Å²) in [6.07, 6.45) is 5.00. The van der Waals surface area contributed by atoms with Gasteiger partial charge in [0, 0.05) is 11.1 Å². The van der Waals surface area contributed by atoms with Crippen molar-refractivity contribution in [3.8, 4) is 5.75 Å². The Morgan fingerprint density at radius 2 is 1.60 bits per heavy atom. The first kappa shape index (κ1) is 41.8. The number of phenolic OH excluding ortho intramolecular Hbond substituents is 1. The topological polar surface area (TPSA) is 109 Å². The van der Waals surface area contributed by atoms with Crippen LogP contribution in [0.2, 0.25) is 11.4 Å². The summed E-state index contributed by atoms with van der Waals surface area (Å²) in [5.41, 5.74) is 6.30. The summed E-state index contributed by atoms with van der Waals surface area (Å²) in [4.78, 5) is 36.0. The van der Waals surface area contributed by atoms with Gasteiger partial charge in [-0.25, -0.2) is 0 Å². The number of aromatic hydroxyl groups is 1. The Hall–Kier alpha value is -4.91. The maximum Gasteiger partial charge on any atom is 0.455 e. The summed E-state index contributed by atoms with van der Waals surface area (Å²) in [6, 6.07) is 34.7. The SMILES string of the molecule is Cc1cc(/C=C(/CC[C@H]2OB(O)C[C@H]3C2=C(CO[Si](c2ccccc2)(c2ccccc2)C(C)(C)C)C[C@H]2C(=O)N(Cc4cccs4)C(=O)[C@H]23)c2ccccn2)cc(C)c1O. The van der Waals surface area contributed by atoms with Crippen LogP contribution in [0.3, 0.4) is 0 Å². The van der Waals surface area contributed by atoms with E-state index < -0.39 is 39.3 Å². The smallest absolute Gasteiger partial charge is 0.455 e. The van der Waals surface area contributed by atoms with Crippen LogP contribution < -0.4 is 10.4 Å². The maximum absolute atomic E-state index is 14.5. The molecule has 11 heteroatoms. The standard InChI is InChI=1S/C49H53BN2O6SSi/c1-32-25-34(26-33(2)46(32)53)27-35(42-20-12-13-23-51-42)21-22-43-44-36(31-57-60(49(3,4)5,38-16-8-6-9-17-38)39-18-10-7-11-19-39)28-40-45(41(44)29-50(56)58-43)48(55)52(47(40)54)30-37-15-14-24-59-37/h6-20,23-27,40-41,43,45,53,56H,21-22,28-31H2,1-5H3/b35-27-/t40-,41+,43-,45-/m1/s1. The minimum Gasteiger partial charge on any atom is -0.507 e. The molecule has 2 N–H and O–H groups in total. The van der Waals surface area contributed by atoms with Gasteiger partial charge in [0.25, 0.3) is 8.32 Å². The Bertz CT molecular complexity index is 2340. The molecule has 2 aliphatic heterocycles. The zero-order valence-corrected chi connectivity index (χ0v) is 36.8. The lowest BCUT2D eigenvalue weighted by atomic mass is 9.58. The molecule has 0 unspecified atom stereocenters. The minimum atomic E-state index is -3.00. The number of nitrogens with zero attached hydrogens (tertiary/aromatic N) is 2. The molecule has 0 radical (unpaired) electrons. The third-order valence-corrected chi connectivity index (χ3v) is 18.5. The van der Waals surface area contributed by atoms with Crippen LogP contribution in [0.5, 0.6) is 5.75 Å². The summed E-state index contributed by atoms with van der Waals surface area (Å²) in [5.74, 6) is -1.60. The van der Waals surface area contributed by atoms with Gasteiger partial charge in [-0.05, 0) is 136 Å². The van der Waals surface area contributed by atoms with Gasteiger partial charge in [-0.2, -0.15) is 0 Å². The van der Waals surface area contributed by atoms with Gasteiger partial charge in [-0.15, -0.1) is 11.3 Å². The van der Waals surface area contributed by atoms with E-state index >= 15 is 0 Å². The lowest BCUT2D eigenvalue weighted by Crippen LogP contribution is -2.66. The van der Waals surface area contributed by atoms with Gasteiger partial charge < -0.3 is 19.2 Å². The van der Waals surface area contributed by atoms with Gasteiger partial charge in [0.1, 0.15) is 5.75 Å². The summed E-state index contributed by atoms with van der Waals surface area (Å²) in [6.45, 7) is 11.1. The number of hydrogen-bond donors (Lipinski definition) is 2. The van der Waals surface area contributed by atoms with Gasteiger partial charge in [0.15, 0.2) is 0 Å². The number of thiophene rings is 1. The van der Waals surface area contributed by atoms with E-state index in [1.165, 1.54) is 16.2 Å². The normalized spacial score (nSPS) is 21.1. The molecule has 4 heterocycles. The predicted octanol–water partition coefficient (Wildman–Crippen LogP) is 8.36. The van der Waals surface area contributed by atoms with E-state index in [9.17, 15) is 19.7 Å². The van der Waals surface area contributed by atoms with Gasteiger partial charge >= 0.3 is 7.12 Å². The molecule has 4 atom stereocenters. The summed E-state index contributed by atoms with van der Waals surface area (Å²) in [7, 11) is -4.11.